The molecule has 2 aromatic carbocycles. The number of nitrogens with one attached hydrogen (secondary N) is 2. The molecule has 0 aliphatic rings. The van der Waals surface area contributed by atoms with Crippen LogP contribution >= 0.6 is 0 Å². The monoisotopic (exact) mass is 362 g/mol. The van der Waals surface area contributed by atoms with Crippen LogP contribution < -0.4 is 10.6 Å². The Morgan fingerprint density at radius 1 is 0.889 bits per heavy atom. The van der Waals surface area contributed by atoms with Crippen LogP contribution in [-0.4, -0.2) is 20.2 Å². The zero-order valence-corrected chi connectivity index (χ0v) is 13.6. The average molecular weight is 362 g/mol. The van der Waals surface area contributed by atoms with Crippen LogP contribution in [0, 0.1) is 28.5 Å². The number of nitriles is 2. The predicted octanol–water partition coefficient (Wildman–Crippen LogP) is 3.26. The van der Waals surface area contributed by atoms with Crippen molar-refractivity contribution in [2.75, 3.05) is 10.6 Å². The molecule has 0 atom stereocenters. The summed E-state index contributed by atoms with van der Waals surface area (Å²) in [5.74, 6) is -1.18. The minimum atomic E-state index is -0.726. The van der Waals surface area contributed by atoms with Crippen LogP contribution in [0.5, 0.6) is 11.5 Å². The zero-order valence-electron chi connectivity index (χ0n) is 13.6. The average Bonchev–Trinajstić information content (AvgIpc) is 2.67. The van der Waals surface area contributed by atoms with Crippen molar-refractivity contribution in [2.45, 2.75) is 0 Å². The van der Waals surface area contributed by atoms with Crippen molar-refractivity contribution in [3.05, 3.63) is 59.5 Å². The minimum absolute atomic E-state index is 0.0286. The molecule has 1 heterocycles. The highest BCUT2D eigenvalue weighted by Gasteiger charge is 2.10. The van der Waals surface area contributed by atoms with Crippen molar-refractivity contribution in [1.29, 1.82) is 10.5 Å². The summed E-state index contributed by atoms with van der Waals surface area (Å²) in [7, 11) is 0. The number of anilines is 4. The van der Waals surface area contributed by atoms with Crippen molar-refractivity contribution < 1.29 is 14.6 Å². The maximum atomic E-state index is 14.0. The van der Waals surface area contributed by atoms with E-state index in [1.54, 1.807) is 0 Å². The predicted molar refractivity (Wildman–Crippen MR) is 94.2 cm³/mol. The first kappa shape index (κ1) is 17.5. The van der Waals surface area contributed by atoms with Gasteiger partial charge in [0.2, 0.25) is 5.95 Å². The van der Waals surface area contributed by atoms with Crippen LogP contribution in [-0.2, 0) is 0 Å². The fourth-order valence-corrected chi connectivity index (χ4v) is 2.19. The Morgan fingerprint density at radius 3 is 2.00 bits per heavy atom. The summed E-state index contributed by atoms with van der Waals surface area (Å²) in [6.45, 7) is 0. The molecule has 0 aliphatic carbocycles. The molecule has 0 fully saturated rings. The van der Waals surface area contributed by atoms with Gasteiger partial charge in [-0.3, -0.25) is 0 Å². The summed E-state index contributed by atoms with van der Waals surface area (Å²) in [5.41, 5.74) is 0.872. The Morgan fingerprint density at radius 2 is 1.44 bits per heavy atom. The SMILES string of the molecule is N#Cc1cc(Nc2ncc(F)c(Nc3ccc(O)c(C#N)c3)n2)ccc1O. The molecule has 9 heteroatoms. The van der Waals surface area contributed by atoms with Crippen LogP contribution in [0.3, 0.4) is 0 Å². The van der Waals surface area contributed by atoms with Gasteiger partial charge in [0.25, 0.3) is 0 Å². The molecule has 3 rings (SSSR count). The molecule has 0 aliphatic heterocycles. The molecule has 0 saturated carbocycles. The first-order chi connectivity index (χ1) is 13.0. The third kappa shape index (κ3) is 3.83. The Hall–Kier alpha value is -4.37. The van der Waals surface area contributed by atoms with E-state index in [1.165, 1.54) is 36.4 Å². The van der Waals surface area contributed by atoms with Gasteiger partial charge in [0.1, 0.15) is 23.6 Å². The first-order valence-electron chi connectivity index (χ1n) is 7.53. The highest BCUT2D eigenvalue weighted by Crippen LogP contribution is 2.26. The second-order valence-electron chi connectivity index (χ2n) is 5.33. The summed E-state index contributed by atoms with van der Waals surface area (Å²) in [4.78, 5) is 7.85. The Kier molecular flexibility index (Phi) is 4.69. The Labute approximate surface area is 152 Å². The maximum Gasteiger partial charge on any atom is 0.229 e. The van der Waals surface area contributed by atoms with E-state index in [1.807, 2.05) is 12.1 Å². The highest BCUT2D eigenvalue weighted by atomic mass is 19.1. The van der Waals surface area contributed by atoms with Crippen molar-refractivity contribution in [2.24, 2.45) is 0 Å². The fourth-order valence-electron chi connectivity index (χ4n) is 2.19. The van der Waals surface area contributed by atoms with Gasteiger partial charge in [0.05, 0.1) is 17.3 Å². The van der Waals surface area contributed by atoms with Gasteiger partial charge in [0, 0.05) is 11.4 Å². The van der Waals surface area contributed by atoms with E-state index >= 15 is 0 Å². The van der Waals surface area contributed by atoms with Gasteiger partial charge >= 0.3 is 0 Å². The first-order valence-corrected chi connectivity index (χ1v) is 7.53. The highest BCUT2D eigenvalue weighted by molar-refractivity contribution is 5.64. The van der Waals surface area contributed by atoms with Gasteiger partial charge in [-0.2, -0.15) is 15.5 Å². The minimum Gasteiger partial charge on any atom is -0.507 e. The summed E-state index contributed by atoms with van der Waals surface area (Å²) in [6.07, 6.45) is 0.953. The summed E-state index contributed by atoms with van der Waals surface area (Å²) >= 11 is 0. The van der Waals surface area contributed by atoms with E-state index < -0.39 is 5.82 Å². The van der Waals surface area contributed by atoms with E-state index in [4.69, 9.17) is 10.5 Å². The Balaban J connectivity index is 1.87. The molecule has 0 spiro atoms. The van der Waals surface area contributed by atoms with E-state index in [0.717, 1.165) is 6.20 Å². The number of rotatable bonds is 4. The number of benzene rings is 2. The summed E-state index contributed by atoms with van der Waals surface area (Å²) in [5, 5.41) is 42.5. The lowest BCUT2D eigenvalue weighted by atomic mass is 10.2. The quantitative estimate of drug-likeness (QED) is 0.519. The Bertz CT molecular complexity index is 1100. The van der Waals surface area contributed by atoms with E-state index in [0.29, 0.717) is 11.4 Å². The molecule has 0 unspecified atom stereocenters. The van der Waals surface area contributed by atoms with Gasteiger partial charge in [-0.15, -0.1) is 0 Å². The number of phenolic OH excluding ortho intramolecular Hbond substituents is 2. The smallest absolute Gasteiger partial charge is 0.229 e. The molecule has 8 nitrogen and oxygen atoms in total. The summed E-state index contributed by atoms with van der Waals surface area (Å²) < 4.78 is 14.0. The van der Waals surface area contributed by atoms with Crippen molar-refractivity contribution in [3.63, 3.8) is 0 Å². The number of aromatic hydroxyl groups is 2. The number of phenols is 2. The molecule has 0 saturated heterocycles. The largest absolute Gasteiger partial charge is 0.507 e. The lowest BCUT2D eigenvalue weighted by molar-refractivity contribution is 0.473. The van der Waals surface area contributed by atoms with E-state index in [9.17, 15) is 14.6 Å². The van der Waals surface area contributed by atoms with Crippen LogP contribution in [0.2, 0.25) is 0 Å². The normalized spacial score (nSPS) is 9.89. The molecule has 0 radical (unpaired) electrons. The number of nitrogens with zero attached hydrogens (tertiary/aromatic N) is 4. The van der Waals surface area contributed by atoms with E-state index in [-0.39, 0.29) is 34.4 Å². The fraction of sp³-hybridized carbons (Fsp3) is 0. The lowest BCUT2D eigenvalue weighted by Gasteiger charge is -2.10. The number of aromatic nitrogens is 2. The van der Waals surface area contributed by atoms with Crippen LogP contribution in [0.1, 0.15) is 11.1 Å². The standard InChI is InChI=1S/C18H11FN6O2/c19-14-9-22-18(24-13-2-4-16(27)11(6-13)8-21)25-17(14)23-12-1-3-15(26)10(5-12)7-20/h1-6,9,26-27H,(H2,22,23,24,25). The maximum absolute atomic E-state index is 14.0. The number of hydrogen-bond donors (Lipinski definition) is 4. The number of halogens is 1. The molecule has 1 aromatic heterocycles. The third-order valence-electron chi connectivity index (χ3n) is 3.50. The van der Waals surface area contributed by atoms with Gasteiger partial charge in [-0.05, 0) is 36.4 Å². The molecular formula is C18H11FN6O2. The van der Waals surface area contributed by atoms with Crippen molar-refractivity contribution >= 4 is 23.1 Å². The second kappa shape index (κ2) is 7.25. The molecule has 132 valence electrons. The lowest BCUT2D eigenvalue weighted by Crippen LogP contribution is -2.03. The van der Waals surface area contributed by atoms with Gasteiger partial charge < -0.3 is 20.8 Å². The van der Waals surface area contributed by atoms with Crippen LogP contribution in [0.15, 0.2) is 42.6 Å². The molecule has 0 bridgehead atoms. The topological polar surface area (TPSA) is 138 Å². The zero-order chi connectivity index (χ0) is 19.4. The van der Waals surface area contributed by atoms with Crippen LogP contribution in [0.4, 0.5) is 27.5 Å². The molecule has 3 aromatic rings. The van der Waals surface area contributed by atoms with Crippen molar-refractivity contribution in [3.8, 4) is 23.6 Å². The van der Waals surface area contributed by atoms with Gasteiger partial charge in [-0.1, -0.05) is 0 Å². The van der Waals surface area contributed by atoms with Gasteiger partial charge in [-0.25, -0.2) is 9.37 Å². The van der Waals surface area contributed by atoms with E-state index in [2.05, 4.69) is 20.6 Å². The summed E-state index contributed by atoms with van der Waals surface area (Å²) in [6, 6.07) is 12.0. The number of hydrogen-bond acceptors (Lipinski definition) is 8. The second-order valence-corrected chi connectivity index (χ2v) is 5.33. The molecular weight excluding hydrogens is 351 g/mol. The van der Waals surface area contributed by atoms with Crippen molar-refractivity contribution in [1.82, 2.24) is 9.97 Å². The van der Waals surface area contributed by atoms with Gasteiger partial charge in [0.15, 0.2) is 11.6 Å². The van der Waals surface area contributed by atoms with Crippen LogP contribution in [0.25, 0.3) is 0 Å². The molecule has 27 heavy (non-hydrogen) atoms. The molecule has 4 N–H and O–H groups in total. The molecule has 0 amide bonds. The third-order valence-corrected chi connectivity index (χ3v) is 3.50.